The summed E-state index contributed by atoms with van der Waals surface area (Å²) in [5, 5.41) is 12.0. The van der Waals surface area contributed by atoms with Gasteiger partial charge in [0, 0.05) is 58.6 Å². The van der Waals surface area contributed by atoms with Crippen molar-refractivity contribution in [1.29, 1.82) is 5.26 Å². The molecule has 0 spiro atoms. The van der Waals surface area contributed by atoms with Gasteiger partial charge < -0.3 is 15.5 Å². The molecule has 0 bridgehead atoms. The number of hydrogen-bond acceptors (Lipinski definition) is 4. The van der Waals surface area contributed by atoms with Crippen LogP contribution >= 0.6 is 23.2 Å². The number of benzene rings is 4. The zero-order valence-electron chi connectivity index (χ0n) is 23.0. The first kappa shape index (κ1) is 28.9. The fourth-order valence-electron chi connectivity index (χ4n) is 5.76. The van der Waals surface area contributed by atoms with Crippen molar-refractivity contribution in [2.24, 2.45) is 11.1 Å². The highest BCUT2D eigenvalue weighted by atomic mass is 35.5. The molecular formula is C34H28Cl2N4O2. The number of amides is 2. The Kier molecular flexibility index (Phi) is 8.08. The Hall–Kier alpha value is -4.57. The van der Waals surface area contributed by atoms with Crippen LogP contribution in [0.15, 0.2) is 120 Å². The summed E-state index contributed by atoms with van der Waals surface area (Å²) in [5.41, 5.74) is 7.67. The lowest BCUT2D eigenvalue weighted by Crippen LogP contribution is -2.47. The van der Waals surface area contributed by atoms with Crippen molar-refractivity contribution in [3.8, 4) is 6.07 Å². The van der Waals surface area contributed by atoms with E-state index in [0.29, 0.717) is 32.5 Å². The summed E-state index contributed by atoms with van der Waals surface area (Å²) in [7, 11) is 3.26. The second-order valence-electron chi connectivity index (χ2n) is 10.2. The van der Waals surface area contributed by atoms with Crippen molar-refractivity contribution in [3.63, 3.8) is 0 Å². The molecular weight excluding hydrogens is 567 g/mol. The van der Waals surface area contributed by atoms with E-state index >= 15 is 0 Å². The van der Waals surface area contributed by atoms with Gasteiger partial charge in [-0.1, -0.05) is 83.9 Å². The lowest BCUT2D eigenvalue weighted by atomic mass is 9.68. The van der Waals surface area contributed by atoms with E-state index < -0.39 is 29.1 Å². The Morgan fingerprint density at radius 1 is 0.738 bits per heavy atom. The Bertz CT molecular complexity index is 1680. The molecule has 4 aromatic carbocycles. The number of halogens is 2. The lowest BCUT2D eigenvalue weighted by Gasteiger charge is -2.35. The third-order valence-corrected chi connectivity index (χ3v) is 8.43. The van der Waals surface area contributed by atoms with Crippen LogP contribution in [-0.4, -0.2) is 25.9 Å². The van der Waals surface area contributed by atoms with Gasteiger partial charge in [-0.15, -0.1) is 0 Å². The molecule has 5 rings (SSSR count). The molecule has 1 aliphatic rings. The molecule has 8 heteroatoms. The van der Waals surface area contributed by atoms with Gasteiger partial charge in [0.05, 0.1) is 6.07 Å². The van der Waals surface area contributed by atoms with Gasteiger partial charge in [-0.05, 0) is 59.7 Å². The number of anilines is 2. The van der Waals surface area contributed by atoms with Gasteiger partial charge in [-0.3, -0.25) is 9.59 Å². The fourth-order valence-corrected chi connectivity index (χ4v) is 6.01. The van der Waals surface area contributed by atoms with E-state index in [1.165, 1.54) is 9.80 Å². The van der Waals surface area contributed by atoms with Gasteiger partial charge >= 0.3 is 0 Å². The molecule has 0 saturated heterocycles. The van der Waals surface area contributed by atoms with Gasteiger partial charge in [0.15, 0.2) is 5.41 Å². The molecule has 42 heavy (non-hydrogen) atoms. The number of nitriles is 1. The largest absolute Gasteiger partial charge is 0.400 e. The average Bonchev–Trinajstić information content (AvgIpc) is 3.29. The maximum Gasteiger partial charge on any atom is 0.256 e. The molecule has 0 radical (unpaired) electrons. The summed E-state index contributed by atoms with van der Waals surface area (Å²) >= 11 is 12.5. The fraction of sp³-hybridized carbons (Fsp3) is 0.147. The number of para-hydroxylation sites is 2. The zero-order valence-corrected chi connectivity index (χ0v) is 24.6. The van der Waals surface area contributed by atoms with E-state index in [9.17, 15) is 14.9 Å². The maximum atomic E-state index is 14.6. The normalized spacial score (nSPS) is 19.7. The van der Waals surface area contributed by atoms with Crippen molar-refractivity contribution in [2.75, 3.05) is 23.9 Å². The Morgan fingerprint density at radius 3 is 1.67 bits per heavy atom. The number of likely N-dealkylation sites (N-methyl/N-ethyl adjacent to an activating group) is 1. The number of rotatable bonds is 6. The second-order valence-corrected chi connectivity index (χ2v) is 11.1. The highest BCUT2D eigenvalue weighted by Gasteiger charge is 2.62. The van der Waals surface area contributed by atoms with Crippen LogP contribution in [0.25, 0.3) is 0 Å². The first-order valence-corrected chi connectivity index (χ1v) is 14.0. The van der Waals surface area contributed by atoms with Gasteiger partial charge in [0.1, 0.15) is 0 Å². The van der Waals surface area contributed by atoms with E-state index in [0.717, 1.165) is 0 Å². The summed E-state index contributed by atoms with van der Waals surface area (Å²) in [5.74, 6) is -2.57. The van der Waals surface area contributed by atoms with Crippen LogP contribution < -0.4 is 15.5 Å². The monoisotopic (exact) mass is 594 g/mol. The molecule has 2 N–H and O–H groups in total. The summed E-state index contributed by atoms with van der Waals surface area (Å²) in [6.07, 6.45) is 0. The summed E-state index contributed by atoms with van der Waals surface area (Å²) < 4.78 is 0. The number of carbonyl (C=O) groups is 2. The first-order chi connectivity index (χ1) is 20.2. The quantitative estimate of drug-likeness (QED) is 0.262. The van der Waals surface area contributed by atoms with Crippen LogP contribution in [0.4, 0.5) is 11.4 Å². The molecule has 0 fully saturated rings. The third kappa shape index (κ3) is 4.92. The Labute approximate surface area is 255 Å². The van der Waals surface area contributed by atoms with E-state index in [2.05, 4.69) is 6.07 Å². The molecule has 0 unspecified atom stereocenters. The second kappa shape index (κ2) is 11.7. The topological polar surface area (TPSA) is 90.4 Å². The molecule has 0 aliphatic heterocycles. The lowest BCUT2D eigenvalue weighted by molar-refractivity contribution is -0.124. The first-order valence-electron chi connectivity index (χ1n) is 13.3. The molecule has 4 aromatic rings. The van der Waals surface area contributed by atoms with Crippen molar-refractivity contribution in [2.45, 2.75) is 11.8 Å². The number of nitrogens with two attached hydrogens (primary N) is 1. The van der Waals surface area contributed by atoms with Crippen LogP contribution in [0.5, 0.6) is 0 Å². The van der Waals surface area contributed by atoms with Gasteiger partial charge in [-0.2, -0.15) is 5.26 Å². The van der Waals surface area contributed by atoms with Gasteiger partial charge in [-0.25, -0.2) is 0 Å². The summed E-state index contributed by atoms with van der Waals surface area (Å²) in [6, 6.07) is 34.5. The predicted molar refractivity (Wildman–Crippen MR) is 167 cm³/mol. The SMILES string of the molecule is CN(C(=O)C1=C(N)[C@](C#N)(C(=O)N(C)c2ccccc2)[C@@H](c2ccc(Cl)cc2)[C@@H]1c1ccc(Cl)cc1)c1ccccc1. The highest BCUT2D eigenvalue weighted by Crippen LogP contribution is 2.59. The number of hydrogen-bond donors (Lipinski definition) is 1. The van der Waals surface area contributed by atoms with Crippen molar-refractivity contribution >= 4 is 46.4 Å². The average molecular weight is 596 g/mol. The number of carbonyl (C=O) groups excluding carboxylic acids is 2. The van der Waals surface area contributed by atoms with E-state index in [-0.39, 0.29) is 11.3 Å². The molecule has 0 heterocycles. The van der Waals surface area contributed by atoms with E-state index in [4.69, 9.17) is 28.9 Å². The van der Waals surface area contributed by atoms with Crippen LogP contribution in [0, 0.1) is 16.7 Å². The zero-order chi connectivity index (χ0) is 30.0. The Morgan fingerprint density at radius 2 is 1.19 bits per heavy atom. The van der Waals surface area contributed by atoms with E-state index in [1.54, 1.807) is 74.8 Å². The predicted octanol–water partition coefficient (Wildman–Crippen LogP) is 6.92. The minimum atomic E-state index is -1.93. The molecule has 0 aromatic heterocycles. The highest BCUT2D eigenvalue weighted by molar-refractivity contribution is 6.30. The van der Waals surface area contributed by atoms with E-state index in [1.807, 2.05) is 48.5 Å². The molecule has 2 amide bonds. The number of nitrogens with zero attached hydrogens (tertiary/aromatic N) is 3. The van der Waals surface area contributed by atoms with Crippen LogP contribution in [0.3, 0.4) is 0 Å². The summed E-state index contributed by atoms with van der Waals surface area (Å²) in [6.45, 7) is 0. The minimum Gasteiger partial charge on any atom is -0.400 e. The van der Waals surface area contributed by atoms with Gasteiger partial charge in [0.2, 0.25) is 0 Å². The van der Waals surface area contributed by atoms with Crippen molar-refractivity contribution in [1.82, 2.24) is 0 Å². The van der Waals surface area contributed by atoms with Crippen LogP contribution in [0.1, 0.15) is 23.0 Å². The molecule has 0 saturated carbocycles. The Balaban J connectivity index is 1.79. The third-order valence-electron chi connectivity index (χ3n) is 7.92. The smallest absolute Gasteiger partial charge is 0.256 e. The molecule has 3 atom stereocenters. The minimum absolute atomic E-state index is 0.0783. The molecule has 1 aliphatic carbocycles. The van der Waals surface area contributed by atoms with Gasteiger partial charge in [0.25, 0.3) is 11.8 Å². The van der Waals surface area contributed by atoms with Crippen LogP contribution in [0.2, 0.25) is 10.0 Å². The summed E-state index contributed by atoms with van der Waals surface area (Å²) in [4.78, 5) is 31.9. The molecule has 6 nitrogen and oxygen atoms in total. The maximum absolute atomic E-state index is 14.6. The van der Waals surface area contributed by atoms with Crippen molar-refractivity contribution < 1.29 is 9.59 Å². The van der Waals surface area contributed by atoms with Crippen LogP contribution in [-0.2, 0) is 9.59 Å². The van der Waals surface area contributed by atoms with Crippen molar-refractivity contribution in [3.05, 3.63) is 142 Å². The standard InChI is InChI=1S/C34H28Cl2N4O2/c1-39(26-9-5-3-6-10-26)32(41)29-28(22-13-17-24(35)18-14-22)30(23-15-19-25(36)20-16-23)34(21-37,31(29)38)33(42)40(2)27-11-7-4-8-12-27/h3-20,28,30H,38H2,1-2H3/t28-,30+,34-/m1/s1. The molecule has 210 valence electrons.